The summed E-state index contributed by atoms with van der Waals surface area (Å²) in [7, 11) is 0. The van der Waals surface area contributed by atoms with Crippen LogP contribution in [0.15, 0.2) is 18.2 Å². The minimum atomic E-state index is -0.881. The molecule has 1 amide bonds. The molecule has 1 rings (SSSR count). The van der Waals surface area contributed by atoms with Gasteiger partial charge in [-0.2, -0.15) is 0 Å². The number of aromatic nitrogens is 1. The molecule has 0 aliphatic heterocycles. The molecule has 0 fully saturated rings. The summed E-state index contributed by atoms with van der Waals surface area (Å²) in [6.07, 6.45) is 0.647. The van der Waals surface area contributed by atoms with Crippen molar-refractivity contribution in [2.75, 3.05) is 6.54 Å². The number of pyridine rings is 1. The van der Waals surface area contributed by atoms with Crippen LogP contribution in [0.4, 0.5) is 0 Å². The number of hydrogen-bond donors (Lipinski definition) is 2. The molecular formula is C14H22N2O2. The summed E-state index contributed by atoms with van der Waals surface area (Å²) in [6.45, 7) is 7.89. The minimum absolute atomic E-state index is 0.236. The van der Waals surface area contributed by atoms with Gasteiger partial charge in [0.2, 0.25) is 0 Å². The van der Waals surface area contributed by atoms with E-state index in [0.717, 1.165) is 5.69 Å². The first-order chi connectivity index (χ1) is 8.30. The van der Waals surface area contributed by atoms with Crippen molar-refractivity contribution in [2.24, 2.45) is 5.92 Å². The van der Waals surface area contributed by atoms with Gasteiger partial charge in [-0.3, -0.25) is 4.79 Å². The summed E-state index contributed by atoms with van der Waals surface area (Å²) >= 11 is 0. The van der Waals surface area contributed by atoms with Crippen LogP contribution in [0.1, 0.15) is 43.4 Å². The zero-order valence-electron chi connectivity index (χ0n) is 11.5. The molecule has 0 radical (unpaired) electrons. The van der Waals surface area contributed by atoms with Gasteiger partial charge in [0.05, 0.1) is 5.60 Å². The highest BCUT2D eigenvalue weighted by molar-refractivity contribution is 5.92. The van der Waals surface area contributed by atoms with Crippen LogP contribution < -0.4 is 5.32 Å². The number of aryl methyl sites for hydroxylation is 1. The molecule has 1 atom stereocenters. The maximum absolute atomic E-state index is 11.8. The molecule has 1 aromatic heterocycles. The Morgan fingerprint density at radius 3 is 2.72 bits per heavy atom. The van der Waals surface area contributed by atoms with Gasteiger partial charge in [-0.05, 0) is 38.3 Å². The van der Waals surface area contributed by atoms with E-state index in [0.29, 0.717) is 18.0 Å². The fraction of sp³-hybridized carbons (Fsp3) is 0.571. The second-order valence-electron chi connectivity index (χ2n) is 5.44. The molecule has 0 aromatic carbocycles. The number of nitrogens with one attached hydrogen (secondary N) is 1. The quantitative estimate of drug-likeness (QED) is 0.839. The average molecular weight is 250 g/mol. The number of carbonyl (C=O) groups excluding carboxylic acids is 1. The molecule has 0 aliphatic carbocycles. The molecule has 1 aromatic rings. The van der Waals surface area contributed by atoms with Crippen molar-refractivity contribution in [2.45, 2.75) is 39.7 Å². The van der Waals surface area contributed by atoms with Gasteiger partial charge >= 0.3 is 0 Å². The summed E-state index contributed by atoms with van der Waals surface area (Å²) in [4.78, 5) is 16.0. The third-order valence-corrected chi connectivity index (χ3v) is 2.60. The lowest BCUT2D eigenvalue weighted by Gasteiger charge is -2.25. The van der Waals surface area contributed by atoms with E-state index in [1.54, 1.807) is 19.1 Å². The molecule has 0 spiro atoms. The number of amides is 1. The average Bonchev–Trinajstić information content (AvgIpc) is 2.24. The van der Waals surface area contributed by atoms with Crippen molar-refractivity contribution in [1.29, 1.82) is 0 Å². The van der Waals surface area contributed by atoms with Gasteiger partial charge in [0.15, 0.2) is 0 Å². The van der Waals surface area contributed by atoms with E-state index in [2.05, 4.69) is 10.3 Å². The fourth-order valence-corrected chi connectivity index (χ4v) is 1.98. The third-order valence-electron chi connectivity index (χ3n) is 2.60. The van der Waals surface area contributed by atoms with Gasteiger partial charge in [-0.25, -0.2) is 4.98 Å². The lowest BCUT2D eigenvalue weighted by molar-refractivity contribution is 0.0367. The summed E-state index contributed by atoms with van der Waals surface area (Å²) in [5.41, 5.74) is 0.306. The number of nitrogens with zero attached hydrogens (tertiary/aromatic N) is 1. The lowest BCUT2D eigenvalue weighted by atomic mass is 9.94. The van der Waals surface area contributed by atoms with E-state index in [1.807, 2.05) is 26.8 Å². The number of aliphatic hydroxyl groups is 1. The zero-order valence-corrected chi connectivity index (χ0v) is 11.5. The van der Waals surface area contributed by atoms with Crippen LogP contribution in [0, 0.1) is 12.8 Å². The van der Waals surface area contributed by atoms with Crippen molar-refractivity contribution < 1.29 is 9.90 Å². The maximum Gasteiger partial charge on any atom is 0.269 e. The molecule has 0 aliphatic rings. The smallest absolute Gasteiger partial charge is 0.269 e. The summed E-state index contributed by atoms with van der Waals surface area (Å²) in [5.74, 6) is 0.136. The second kappa shape index (κ2) is 5.96. The maximum atomic E-state index is 11.8. The molecule has 0 saturated heterocycles. The predicted octanol–water partition coefficient (Wildman–Crippen LogP) is 1.92. The molecule has 2 N–H and O–H groups in total. The molecule has 4 heteroatoms. The molecule has 4 nitrogen and oxygen atoms in total. The highest BCUT2D eigenvalue weighted by Crippen LogP contribution is 2.15. The van der Waals surface area contributed by atoms with E-state index >= 15 is 0 Å². The van der Waals surface area contributed by atoms with Gasteiger partial charge < -0.3 is 10.4 Å². The molecular weight excluding hydrogens is 228 g/mol. The van der Waals surface area contributed by atoms with Crippen LogP contribution in [-0.4, -0.2) is 28.1 Å². The Morgan fingerprint density at radius 2 is 2.17 bits per heavy atom. The van der Waals surface area contributed by atoms with Crippen LogP contribution in [-0.2, 0) is 0 Å². The van der Waals surface area contributed by atoms with Crippen molar-refractivity contribution >= 4 is 5.91 Å². The highest BCUT2D eigenvalue weighted by atomic mass is 16.3. The van der Waals surface area contributed by atoms with Gasteiger partial charge in [0.25, 0.3) is 5.91 Å². The molecule has 1 unspecified atom stereocenters. The lowest BCUT2D eigenvalue weighted by Crippen LogP contribution is -2.41. The van der Waals surface area contributed by atoms with Crippen molar-refractivity contribution in [3.05, 3.63) is 29.6 Å². The summed E-state index contributed by atoms with van der Waals surface area (Å²) in [5, 5.41) is 12.8. The minimum Gasteiger partial charge on any atom is -0.388 e. The Labute approximate surface area is 108 Å². The second-order valence-corrected chi connectivity index (χ2v) is 5.44. The fourth-order valence-electron chi connectivity index (χ4n) is 1.98. The third kappa shape index (κ3) is 4.84. The van der Waals surface area contributed by atoms with Crippen LogP contribution in [0.25, 0.3) is 0 Å². The van der Waals surface area contributed by atoms with Crippen molar-refractivity contribution in [3.8, 4) is 0 Å². The Kier molecular flexibility index (Phi) is 4.84. The number of rotatable bonds is 5. The zero-order chi connectivity index (χ0) is 13.8. The molecule has 0 bridgehead atoms. The molecule has 1 heterocycles. The molecule has 100 valence electrons. The first-order valence-electron chi connectivity index (χ1n) is 6.24. The van der Waals surface area contributed by atoms with Gasteiger partial charge in [-0.15, -0.1) is 0 Å². The van der Waals surface area contributed by atoms with E-state index in [1.165, 1.54) is 0 Å². The Hall–Kier alpha value is -1.42. The Morgan fingerprint density at radius 1 is 1.50 bits per heavy atom. The van der Waals surface area contributed by atoms with E-state index in [4.69, 9.17) is 0 Å². The van der Waals surface area contributed by atoms with Crippen molar-refractivity contribution in [3.63, 3.8) is 0 Å². The monoisotopic (exact) mass is 250 g/mol. The highest BCUT2D eigenvalue weighted by Gasteiger charge is 2.23. The van der Waals surface area contributed by atoms with E-state index in [9.17, 15) is 9.90 Å². The number of hydrogen-bond acceptors (Lipinski definition) is 3. The van der Waals surface area contributed by atoms with Gasteiger partial charge in [0, 0.05) is 12.2 Å². The molecule has 0 saturated carbocycles. The largest absolute Gasteiger partial charge is 0.388 e. The number of carbonyl (C=O) groups is 1. The summed E-state index contributed by atoms with van der Waals surface area (Å²) < 4.78 is 0. The van der Waals surface area contributed by atoms with E-state index < -0.39 is 5.60 Å². The first-order valence-corrected chi connectivity index (χ1v) is 6.24. The van der Waals surface area contributed by atoms with Crippen LogP contribution in [0.3, 0.4) is 0 Å². The first kappa shape index (κ1) is 14.6. The Balaban J connectivity index is 2.56. The topological polar surface area (TPSA) is 62.2 Å². The van der Waals surface area contributed by atoms with Gasteiger partial charge in [0.1, 0.15) is 5.69 Å². The predicted molar refractivity (Wildman–Crippen MR) is 71.4 cm³/mol. The SMILES string of the molecule is Cc1cccc(C(=O)NCC(C)(O)CC(C)C)n1. The van der Waals surface area contributed by atoms with Crippen LogP contribution in [0.2, 0.25) is 0 Å². The van der Waals surface area contributed by atoms with Crippen LogP contribution in [0.5, 0.6) is 0 Å². The van der Waals surface area contributed by atoms with Gasteiger partial charge in [-0.1, -0.05) is 19.9 Å². The van der Waals surface area contributed by atoms with E-state index in [-0.39, 0.29) is 12.5 Å². The molecule has 18 heavy (non-hydrogen) atoms. The Bertz CT molecular complexity index is 414. The normalized spacial score (nSPS) is 14.3. The van der Waals surface area contributed by atoms with Crippen LogP contribution >= 0.6 is 0 Å². The summed E-state index contributed by atoms with van der Waals surface area (Å²) in [6, 6.07) is 5.30. The standard InChI is InChI=1S/C14H22N2O2/c1-10(2)8-14(4,18)9-15-13(17)12-7-5-6-11(3)16-12/h5-7,10,18H,8-9H2,1-4H3,(H,15,17). The van der Waals surface area contributed by atoms with Crippen molar-refractivity contribution in [1.82, 2.24) is 10.3 Å².